The molecule has 6 aliphatic rings. The summed E-state index contributed by atoms with van der Waals surface area (Å²) >= 11 is 17.4. The number of aromatic nitrogens is 6. The molecule has 6 aliphatic heterocycles. The predicted octanol–water partition coefficient (Wildman–Crippen LogP) is 9.03. The van der Waals surface area contributed by atoms with Gasteiger partial charge in [0.05, 0.1) is 77.5 Å². The average molecular weight is 1500 g/mol. The number of fused-ring (bicyclic) bond motifs is 9. The minimum absolute atomic E-state index is 0.0221. The van der Waals surface area contributed by atoms with E-state index in [0.29, 0.717) is 101 Å². The lowest BCUT2D eigenvalue weighted by molar-refractivity contribution is -0.174. The van der Waals surface area contributed by atoms with Crippen molar-refractivity contribution in [1.82, 2.24) is 59.2 Å². The van der Waals surface area contributed by atoms with Crippen LogP contribution in [0, 0.1) is 17.5 Å². The zero-order valence-electron chi connectivity index (χ0n) is 57.2. The van der Waals surface area contributed by atoms with Crippen LogP contribution in [0.1, 0.15) is 107 Å². The molecule has 6 aromatic rings. The predicted molar refractivity (Wildman–Crippen MR) is 358 cm³/mol. The number of benzene rings is 3. The van der Waals surface area contributed by atoms with Gasteiger partial charge in [-0.15, -0.1) is 0 Å². The van der Waals surface area contributed by atoms with Crippen molar-refractivity contribution in [1.29, 1.82) is 0 Å². The third kappa shape index (κ3) is 18.7. The van der Waals surface area contributed by atoms with Crippen molar-refractivity contribution in [3.8, 4) is 0 Å². The summed E-state index contributed by atoms with van der Waals surface area (Å²) in [5, 5.41) is 24.7. The molecule has 12 rings (SSSR count). The van der Waals surface area contributed by atoms with E-state index in [4.69, 9.17) is 73.0 Å². The van der Waals surface area contributed by atoms with Gasteiger partial charge >= 0.3 is 36.4 Å². The maximum atomic E-state index is 13.4. The van der Waals surface area contributed by atoms with Crippen molar-refractivity contribution in [2.75, 3.05) is 76.5 Å². The van der Waals surface area contributed by atoms with Gasteiger partial charge in [-0.05, 0) is 89.2 Å². The van der Waals surface area contributed by atoms with E-state index in [2.05, 4.69) is 31.2 Å². The summed E-state index contributed by atoms with van der Waals surface area (Å²) in [5.74, 6) is -3.46. The van der Waals surface area contributed by atoms with Gasteiger partial charge in [-0.2, -0.15) is 15.3 Å². The van der Waals surface area contributed by atoms with E-state index >= 15 is 0 Å². The molecule has 3 aromatic heterocycles. The second-order valence-electron chi connectivity index (χ2n) is 25.5. The molecule has 0 spiro atoms. The topological polar surface area (TPSA) is 336 Å². The van der Waals surface area contributed by atoms with Crippen LogP contribution >= 0.6 is 34.8 Å². The summed E-state index contributed by atoms with van der Waals surface area (Å²) in [7, 11) is 4.40. The number of nitrogens with one attached hydrogen (secondary N) is 3. The van der Waals surface area contributed by atoms with Crippen LogP contribution in [0.3, 0.4) is 0 Å². The van der Waals surface area contributed by atoms with Crippen molar-refractivity contribution in [2.24, 2.45) is 0 Å². The average Bonchev–Trinajstić information content (AvgIpc) is 1.63. The van der Waals surface area contributed by atoms with Crippen molar-refractivity contribution < 1.29 is 94.5 Å². The summed E-state index contributed by atoms with van der Waals surface area (Å²) < 4.78 is 70.2. The highest BCUT2D eigenvalue weighted by Crippen LogP contribution is 2.32. The summed E-state index contributed by atoms with van der Waals surface area (Å²) in [5.41, 5.74) is 5.29. The molecule has 0 saturated carbocycles. The van der Waals surface area contributed by atoms with Gasteiger partial charge in [0.15, 0.2) is 0 Å². The molecule has 0 aliphatic carbocycles. The van der Waals surface area contributed by atoms with Crippen LogP contribution < -0.4 is 16.0 Å². The Morgan fingerprint density at radius 3 is 1.13 bits per heavy atom. The molecule has 0 fully saturated rings. The van der Waals surface area contributed by atoms with E-state index in [1.54, 1.807) is 39.3 Å². The summed E-state index contributed by atoms with van der Waals surface area (Å²) in [4.78, 5) is 134. The maximum Gasteiger partial charge on any atom is 0.508 e. The fraction of sp³-hybridized carbons (Fsp3) is 0.446. The molecular weight excluding hydrogens is 1430 g/mol. The van der Waals surface area contributed by atoms with Gasteiger partial charge in [0, 0.05) is 101 Å². The zero-order valence-corrected chi connectivity index (χ0v) is 59.5. The third-order valence-corrected chi connectivity index (χ3v) is 17.0. The van der Waals surface area contributed by atoms with Crippen LogP contribution in [-0.4, -0.2) is 204 Å². The number of carbonyl (C=O) groups is 9. The van der Waals surface area contributed by atoms with Crippen LogP contribution in [0.2, 0.25) is 15.1 Å². The summed E-state index contributed by atoms with van der Waals surface area (Å²) in [6.45, 7) is 11.7. The summed E-state index contributed by atoms with van der Waals surface area (Å²) in [6, 6.07) is 10.5. The standard InChI is InChI=1S/C23H27ClFN5O6.C22H25ClFN5O6.C20H21ClFN5O5/c1-23(2,3)35-22(33)34-12-14-10-30-19(20(31)28(4)36-14)15-11-29(8-7-18(15)27-30)21(32)26-13-5-6-17(25)16(24)9-13;1-12(2)34-22(32)33-11-14-9-29-19(20(30)27(3)35-14)15-10-28(7-6-18(15)26-29)21(31)25-13-4-5-17(24)16(23)8-13;1-11(28)31-10-13-8-27-18(19(29)25(2)32-13)14-9-26(6-5-17(14)24-27)20(30)23-12-3-4-16(22)15(21)7-12/h5-6,9,14H,7-8,10-12H2,1-4H3,(H,26,32);4-5,8,12,14H,6-7,9-11H2,1-3H3,(H,25,31);3-4,7,13H,5-6,8-10H2,1-2H3,(H,23,30). The van der Waals surface area contributed by atoms with Gasteiger partial charge in [-0.3, -0.25) is 47.7 Å². The fourth-order valence-electron chi connectivity index (χ4n) is 11.5. The Morgan fingerprint density at radius 1 is 0.524 bits per heavy atom. The van der Waals surface area contributed by atoms with Gasteiger partial charge in [-0.1, -0.05) is 34.8 Å². The Bertz CT molecular complexity index is 4280. The number of hydrogen-bond acceptors (Lipinski definition) is 20. The number of anilines is 3. The first-order valence-electron chi connectivity index (χ1n) is 32.2. The van der Waals surface area contributed by atoms with E-state index in [1.807, 2.05) is 0 Å². The molecule has 3 aromatic carbocycles. The molecule has 3 atom stereocenters. The van der Waals surface area contributed by atoms with Gasteiger partial charge in [0.2, 0.25) is 0 Å². The lowest BCUT2D eigenvalue weighted by Crippen LogP contribution is -2.39. The molecule has 552 valence electrons. The summed E-state index contributed by atoms with van der Waals surface area (Å²) in [6.07, 6.45) is -2.61. The first kappa shape index (κ1) is 75.7. The van der Waals surface area contributed by atoms with Gasteiger partial charge in [0.25, 0.3) is 17.7 Å². The number of esters is 1. The second-order valence-corrected chi connectivity index (χ2v) is 26.7. The number of nitrogens with zero attached hydrogens (tertiary/aromatic N) is 12. The van der Waals surface area contributed by atoms with E-state index in [1.165, 1.54) is 107 Å². The SMILES string of the molecule is CC(=O)OCC1Cn2nc3c(c2C(=O)N(C)O1)CN(C(=O)Nc1ccc(F)c(Cl)c1)CC3.CC(C)OC(=O)OCC1Cn2nc3c(c2C(=O)N(C)O1)CN(C(=O)Nc1ccc(F)c(Cl)c1)CC3.CN1OC(COC(=O)OC(C)(C)C)Cn2nc3c(c2C1=O)CN(C(=O)Nc1ccc(F)c(Cl)c1)CC3. The first-order chi connectivity index (χ1) is 48.7. The Labute approximate surface area is 601 Å². The van der Waals surface area contributed by atoms with Crippen LogP contribution in [0.5, 0.6) is 0 Å². The Kier molecular flexibility index (Phi) is 23.6. The molecule has 9 amide bonds. The number of ether oxygens (including phenoxy) is 5. The molecule has 0 radical (unpaired) electrons. The molecular formula is C65H73Cl3F3N15O17. The van der Waals surface area contributed by atoms with E-state index in [-0.39, 0.29) is 80.3 Å². The van der Waals surface area contributed by atoms with Crippen LogP contribution in [0.25, 0.3) is 0 Å². The van der Waals surface area contributed by atoms with E-state index in [9.17, 15) is 56.3 Å². The van der Waals surface area contributed by atoms with Crippen LogP contribution in [0.15, 0.2) is 54.6 Å². The third-order valence-electron chi connectivity index (χ3n) is 16.2. The van der Waals surface area contributed by atoms with Gasteiger partial charge in [0.1, 0.15) is 78.3 Å². The minimum Gasteiger partial charge on any atom is -0.463 e. The second kappa shape index (κ2) is 32.2. The molecule has 38 heteroatoms. The molecule has 103 heavy (non-hydrogen) atoms. The highest BCUT2D eigenvalue weighted by molar-refractivity contribution is 6.31. The van der Waals surface area contributed by atoms with E-state index < -0.39 is 95.5 Å². The molecule has 0 saturated heterocycles. The van der Waals surface area contributed by atoms with Gasteiger partial charge < -0.3 is 54.3 Å². The van der Waals surface area contributed by atoms with Gasteiger partial charge in [-0.25, -0.2) is 52.3 Å². The van der Waals surface area contributed by atoms with Crippen LogP contribution in [-0.2, 0) is 102 Å². The van der Waals surface area contributed by atoms with E-state index in [0.717, 1.165) is 20.9 Å². The molecule has 32 nitrogen and oxygen atoms in total. The van der Waals surface area contributed by atoms with Crippen molar-refractivity contribution in [2.45, 2.75) is 130 Å². The maximum absolute atomic E-state index is 13.4. The van der Waals surface area contributed by atoms with Crippen molar-refractivity contribution in [3.63, 3.8) is 0 Å². The van der Waals surface area contributed by atoms with Crippen molar-refractivity contribution in [3.05, 3.63) is 138 Å². The molecule has 0 bridgehead atoms. The zero-order chi connectivity index (χ0) is 74.5. The fourth-order valence-corrected chi connectivity index (χ4v) is 12.0. The Morgan fingerprint density at radius 2 is 0.835 bits per heavy atom. The number of hydrogen-bond donors (Lipinski definition) is 3. The molecule has 9 heterocycles. The number of carbonyl (C=O) groups excluding carboxylic acids is 9. The largest absolute Gasteiger partial charge is 0.508 e. The quantitative estimate of drug-likeness (QED) is 0.0850. The smallest absolute Gasteiger partial charge is 0.463 e. The monoisotopic (exact) mass is 1500 g/mol. The lowest BCUT2D eigenvalue weighted by atomic mass is 10.1. The minimum atomic E-state index is -0.839. The first-order valence-corrected chi connectivity index (χ1v) is 33.3. The molecule has 3 unspecified atom stereocenters. The highest BCUT2D eigenvalue weighted by Gasteiger charge is 2.40. The Hall–Kier alpha value is -9.94. The highest BCUT2D eigenvalue weighted by atomic mass is 35.5. The number of hydroxylamine groups is 6. The van der Waals surface area contributed by atoms with Crippen LogP contribution in [0.4, 0.5) is 54.2 Å². The number of halogens is 6. The molecule has 3 N–H and O–H groups in total. The normalized spacial score (nSPS) is 17.7. The number of amides is 9. The lowest BCUT2D eigenvalue weighted by Gasteiger charge is -2.27. The van der Waals surface area contributed by atoms with Crippen molar-refractivity contribution >= 4 is 106 Å². The number of rotatable bonds is 10. The Balaban J connectivity index is 0.000000166. The number of urea groups is 3.